The molecule has 16 heavy (non-hydrogen) atoms. The number of alkyl halides is 1. The van der Waals surface area contributed by atoms with Crippen molar-refractivity contribution in [1.29, 1.82) is 0 Å². The minimum Gasteiger partial charge on any atom is -0.479 e. The predicted molar refractivity (Wildman–Crippen MR) is 53.8 cm³/mol. The summed E-state index contributed by atoms with van der Waals surface area (Å²) < 4.78 is 18.7. The van der Waals surface area contributed by atoms with E-state index in [0.717, 1.165) is 0 Å². The number of carbonyl (C=O) groups is 2. The van der Waals surface area contributed by atoms with Crippen LogP contribution in [0.15, 0.2) is 0 Å². The van der Waals surface area contributed by atoms with E-state index in [9.17, 15) is 14.0 Å². The molecular formula is C10H16FNO4. The minimum absolute atomic E-state index is 0.0823. The van der Waals surface area contributed by atoms with Gasteiger partial charge in [0.05, 0.1) is 12.6 Å². The van der Waals surface area contributed by atoms with Crippen LogP contribution in [0.25, 0.3) is 0 Å². The molecule has 1 rings (SSSR count). The number of aliphatic carboxylic acids is 1. The van der Waals surface area contributed by atoms with Crippen LogP contribution in [0.3, 0.4) is 0 Å². The minimum atomic E-state index is -2.30. The number of halogens is 1. The highest BCUT2D eigenvalue weighted by Gasteiger charge is 2.46. The lowest BCUT2D eigenvalue weighted by molar-refractivity contribution is -0.150. The van der Waals surface area contributed by atoms with E-state index in [1.54, 1.807) is 13.8 Å². The second-order valence-corrected chi connectivity index (χ2v) is 4.20. The SMILES string of the molecule is CC(C)OCC(=O)N1CCC(F)(C(=O)O)C1. The van der Waals surface area contributed by atoms with Crippen molar-refractivity contribution >= 4 is 11.9 Å². The molecule has 0 aromatic carbocycles. The van der Waals surface area contributed by atoms with Crippen molar-refractivity contribution in [2.24, 2.45) is 0 Å². The zero-order valence-corrected chi connectivity index (χ0v) is 9.40. The molecule has 6 heteroatoms. The lowest BCUT2D eigenvalue weighted by Crippen LogP contribution is -2.40. The van der Waals surface area contributed by atoms with Gasteiger partial charge >= 0.3 is 5.97 Å². The molecular weight excluding hydrogens is 217 g/mol. The Labute approximate surface area is 93.2 Å². The van der Waals surface area contributed by atoms with Gasteiger partial charge in [0.15, 0.2) is 0 Å². The summed E-state index contributed by atoms with van der Waals surface area (Å²) in [6.45, 7) is 3.18. The van der Waals surface area contributed by atoms with Gasteiger partial charge in [-0.3, -0.25) is 4.79 Å². The molecule has 1 N–H and O–H groups in total. The number of likely N-dealkylation sites (tertiary alicyclic amines) is 1. The van der Waals surface area contributed by atoms with Crippen molar-refractivity contribution in [1.82, 2.24) is 4.90 Å². The summed E-state index contributed by atoms with van der Waals surface area (Å²) in [6, 6.07) is 0. The number of carboxylic acids is 1. The van der Waals surface area contributed by atoms with Crippen molar-refractivity contribution in [3.63, 3.8) is 0 Å². The van der Waals surface area contributed by atoms with Crippen LogP contribution in [0.4, 0.5) is 4.39 Å². The average molecular weight is 233 g/mol. The first-order valence-electron chi connectivity index (χ1n) is 5.17. The third-order valence-corrected chi connectivity index (χ3v) is 2.50. The van der Waals surface area contributed by atoms with Gasteiger partial charge in [-0.15, -0.1) is 0 Å². The van der Waals surface area contributed by atoms with Gasteiger partial charge in [0.2, 0.25) is 11.6 Å². The van der Waals surface area contributed by atoms with E-state index in [4.69, 9.17) is 9.84 Å². The van der Waals surface area contributed by atoms with E-state index in [0.29, 0.717) is 0 Å². The lowest BCUT2D eigenvalue weighted by Gasteiger charge is -2.18. The highest BCUT2D eigenvalue weighted by molar-refractivity contribution is 5.82. The third kappa shape index (κ3) is 2.91. The van der Waals surface area contributed by atoms with Gasteiger partial charge in [0.25, 0.3) is 0 Å². The van der Waals surface area contributed by atoms with Crippen LogP contribution in [-0.2, 0) is 14.3 Å². The monoisotopic (exact) mass is 233 g/mol. The smallest absolute Gasteiger partial charge is 0.343 e. The molecule has 1 amide bonds. The highest BCUT2D eigenvalue weighted by atomic mass is 19.1. The summed E-state index contributed by atoms with van der Waals surface area (Å²) in [5.41, 5.74) is -2.30. The van der Waals surface area contributed by atoms with Crippen molar-refractivity contribution < 1.29 is 23.8 Å². The van der Waals surface area contributed by atoms with Crippen LogP contribution in [-0.4, -0.2) is 53.4 Å². The van der Waals surface area contributed by atoms with Gasteiger partial charge in [-0.2, -0.15) is 0 Å². The van der Waals surface area contributed by atoms with Crippen molar-refractivity contribution in [3.8, 4) is 0 Å². The molecule has 0 saturated carbocycles. The Bertz CT molecular complexity index is 295. The third-order valence-electron chi connectivity index (χ3n) is 2.50. The first kappa shape index (κ1) is 12.9. The molecule has 1 saturated heterocycles. The van der Waals surface area contributed by atoms with Gasteiger partial charge in [-0.1, -0.05) is 0 Å². The Morgan fingerprint density at radius 1 is 1.56 bits per heavy atom. The van der Waals surface area contributed by atoms with Crippen LogP contribution in [0.2, 0.25) is 0 Å². The zero-order valence-electron chi connectivity index (χ0n) is 9.40. The van der Waals surface area contributed by atoms with Crippen LogP contribution < -0.4 is 0 Å². The van der Waals surface area contributed by atoms with Crippen molar-refractivity contribution in [2.45, 2.75) is 32.0 Å². The molecule has 0 aromatic rings. The molecule has 0 bridgehead atoms. The van der Waals surface area contributed by atoms with E-state index in [-0.39, 0.29) is 38.1 Å². The number of ether oxygens (including phenoxy) is 1. The molecule has 1 unspecified atom stereocenters. The fraction of sp³-hybridized carbons (Fsp3) is 0.800. The summed E-state index contributed by atoms with van der Waals surface area (Å²) in [6.07, 6.45) is -0.239. The normalized spacial score (nSPS) is 25.1. The zero-order chi connectivity index (χ0) is 12.3. The van der Waals surface area contributed by atoms with E-state index in [1.807, 2.05) is 0 Å². The quantitative estimate of drug-likeness (QED) is 0.765. The Kier molecular flexibility index (Phi) is 3.85. The van der Waals surface area contributed by atoms with Crippen molar-refractivity contribution in [2.75, 3.05) is 19.7 Å². The molecule has 0 radical (unpaired) electrons. The molecule has 1 aliphatic rings. The second-order valence-electron chi connectivity index (χ2n) is 4.20. The number of nitrogens with zero attached hydrogens (tertiary/aromatic N) is 1. The number of amides is 1. The topological polar surface area (TPSA) is 66.8 Å². The first-order chi connectivity index (χ1) is 7.35. The molecule has 0 aromatic heterocycles. The standard InChI is InChI=1S/C10H16FNO4/c1-7(2)16-5-8(13)12-4-3-10(11,6-12)9(14)15/h7H,3-6H2,1-2H3,(H,14,15). The van der Waals surface area contributed by atoms with E-state index in [2.05, 4.69) is 0 Å². The maximum atomic E-state index is 13.6. The van der Waals surface area contributed by atoms with Gasteiger partial charge < -0.3 is 14.7 Å². The maximum absolute atomic E-state index is 13.6. The number of carboxylic acid groups (broad SMARTS) is 1. The molecule has 1 atom stereocenters. The number of hydrogen-bond acceptors (Lipinski definition) is 3. The van der Waals surface area contributed by atoms with Gasteiger partial charge in [-0.25, -0.2) is 9.18 Å². The Balaban J connectivity index is 2.47. The summed E-state index contributed by atoms with van der Waals surface area (Å²) >= 11 is 0. The van der Waals surface area contributed by atoms with Gasteiger partial charge in [0, 0.05) is 13.0 Å². The van der Waals surface area contributed by atoms with Crippen LogP contribution in [0, 0.1) is 0 Å². The molecule has 1 fully saturated rings. The van der Waals surface area contributed by atoms with E-state index < -0.39 is 11.6 Å². The average Bonchev–Trinajstić information content (AvgIpc) is 2.59. The predicted octanol–water partition coefficient (Wildman–Crippen LogP) is 0.437. The molecule has 1 aliphatic heterocycles. The Morgan fingerprint density at radius 2 is 2.19 bits per heavy atom. The summed E-state index contributed by atoms with van der Waals surface area (Å²) in [7, 11) is 0. The summed E-state index contributed by atoms with van der Waals surface area (Å²) in [4.78, 5) is 23.3. The number of hydrogen-bond donors (Lipinski definition) is 1. The van der Waals surface area contributed by atoms with Crippen LogP contribution in [0.1, 0.15) is 20.3 Å². The fourth-order valence-electron chi connectivity index (χ4n) is 1.49. The van der Waals surface area contributed by atoms with Crippen LogP contribution in [0.5, 0.6) is 0 Å². The van der Waals surface area contributed by atoms with E-state index in [1.165, 1.54) is 4.90 Å². The van der Waals surface area contributed by atoms with E-state index >= 15 is 0 Å². The molecule has 92 valence electrons. The van der Waals surface area contributed by atoms with Crippen molar-refractivity contribution in [3.05, 3.63) is 0 Å². The molecule has 0 spiro atoms. The fourth-order valence-corrected chi connectivity index (χ4v) is 1.49. The van der Waals surface area contributed by atoms with Gasteiger partial charge in [0.1, 0.15) is 6.61 Å². The second kappa shape index (κ2) is 4.78. The summed E-state index contributed by atoms with van der Waals surface area (Å²) in [5.74, 6) is -1.87. The highest BCUT2D eigenvalue weighted by Crippen LogP contribution is 2.25. The summed E-state index contributed by atoms with van der Waals surface area (Å²) in [5, 5.41) is 8.65. The van der Waals surface area contributed by atoms with Crippen LogP contribution >= 0.6 is 0 Å². The number of rotatable bonds is 4. The first-order valence-corrected chi connectivity index (χ1v) is 5.17. The largest absolute Gasteiger partial charge is 0.479 e. The molecule has 0 aliphatic carbocycles. The van der Waals surface area contributed by atoms with Gasteiger partial charge in [-0.05, 0) is 13.8 Å². The number of carbonyl (C=O) groups excluding carboxylic acids is 1. The molecule has 5 nitrogen and oxygen atoms in total. The maximum Gasteiger partial charge on any atom is 0.343 e. The molecule has 1 heterocycles. The lowest BCUT2D eigenvalue weighted by atomic mass is 10.1. The Hall–Kier alpha value is -1.17. The Morgan fingerprint density at radius 3 is 2.62 bits per heavy atom.